The number of likely N-dealkylation sites (N-methyl/N-ethyl adjacent to an activating group) is 1. The molecule has 0 aromatic rings. The van der Waals surface area contributed by atoms with E-state index in [1.165, 1.54) is 0 Å². The van der Waals surface area contributed by atoms with Gasteiger partial charge in [0, 0.05) is 25.9 Å². The van der Waals surface area contributed by atoms with Crippen molar-refractivity contribution in [3.05, 3.63) is 0 Å². The van der Waals surface area contributed by atoms with E-state index >= 15 is 0 Å². The highest BCUT2D eigenvalue weighted by atomic mass is 16.7. The Bertz CT molecular complexity index is 355. The van der Waals surface area contributed by atoms with Crippen molar-refractivity contribution in [2.24, 2.45) is 11.8 Å². The van der Waals surface area contributed by atoms with Crippen LogP contribution in [0.2, 0.25) is 0 Å². The number of rotatable bonds is 3. The van der Waals surface area contributed by atoms with Gasteiger partial charge in [0.05, 0.1) is 18.8 Å². The van der Waals surface area contributed by atoms with E-state index in [2.05, 4.69) is 13.8 Å². The first kappa shape index (κ1) is 14.8. The van der Waals surface area contributed by atoms with Crippen molar-refractivity contribution in [3.8, 4) is 0 Å². The molecule has 2 aliphatic heterocycles. The van der Waals surface area contributed by atoms with Crippen LogP contribution >= 0.6 is 0 Å². The number of nitrogens with zero attached hydrogens (tertiary/aromatic N) is 1. The zero-order chi connectivity index (χ0) is 14.4. The highest BCUT2D eigenvalue weighted by Gasteiger charge is 2.53. The SMILES string of the molecule is C[C@@H]([C@H]1O[C@@H]1C(=O)N(C)C)[C@@H]1OC(C)(C)OC[C@H]1C. The molecule has 0 aromatic carbocycles. The molecule has 110 valence electrons. The van der Waals surface area contributed by atoms with Crippen LogP contribution in [0.25, 0.3) is 0 Å². The second-order valence-corrected chi connectivity index (χ2v) is 6.38. The summed E-state index contributed by atoms with van der Waals surface area (Å²) in [6.45, 7) is 8.74. The summed E-state index contributed by atoms with van der Waals surface area (Å²) in [6.07, 6.45) is -0.267. The van der Waals surface area contributed by atoms with Crippen LogP contribution in [0.4, 0.5) is 0 Å². The van der Waals surface area contributed by atoms with Gasteiger partial charge in [0.2, 0.25) is 0 Å². The van der Waals surface area contributed by atoms with Crippen LogP contribution in [-0.4, -0.2) is 55.6 Å². The molecule has 19 heavy (non-hydrogen) atoms. The Labute approximate surface area is 115 Å². The standard InChI is InChI=1S/C14H25NO4/c1-8-7-17-14(3,4)19-10(8)9(2)11-12(18-11)13(16)15(5)6/h8-12H,7H2,1-6H3/t8-,9-,10-,11-,12+/m1/s1. The minimum Gasteiger partial charge on any atom is -0.359 e. The number of carbonyl (C=O) groups is 1. The summed E-state index contributed by atoms with van der Waals surface area (Å²) in [5.41, 5.74) is 0. The Hall–Kier alpha value is -0.650. The van der Waals surface area contributed by atoms with Gasteiger partial charge in [0.1, 0.15) is 0 Å². The highest BCUT2D eigenvalue weighted by molar-refractivity contribution is 5.83. The van der Waals surface area contributed by atoms with Gasteiger partial charge in [-0.2, -0.15) is 0 Å². The topological polar surface area (TPSA) is 51.3 Å². The van der Waals surface area contributed by atoms with Crippen molar-refractivity contribution >= 4 is 5.91 Å². The molecule has 0 N–H and O–H groups in total. The third kappa shape index (κ3) is 3.09. The second kappa shape index (κ2) is 5.04. The van der Waals surface area contributed by atoms with Gasteiger partial charge in [-0.15, -0.1) is 0 Å². The van der Waals surface area contributed by atoms with Gasteiger partial charge in [-0.25, -0.2) is 0 Å². The quantitative estimate of drug-likeness (QED) is 0.725. The molecular formula is C14H25NO4. The van der Waals surface area contributed by atoms with Crippen LogP contribution in [-0.2, 0) is 19.0 Å². The van der Waals surface area contributed by atoms with Crippen molar-refractivity contribution in [1.29, 1.82) is 0 Å². The van der Waals surface area contributed by atoms with E-state index in [1.807, 2.05) is 13.8 Å². The zero-order valence-corrected chi connectivity index (χ0v) is 12.7. The maximum atomic E-state index is 11.8. The molecule has 5 atom stereocenters. The number of hydrogen-bond donors (Lipinski definition) is 0. The van der Waals surface area contributed by atoms with Crippen LogP contribution in [0.5, 0.6) is 0 Å². The number of amides is 1. The van der Waals surface area contributed by atoms with E-state index in [0.29, 0.717) is 12.5 Å². The van der Waals surface area contributed by atoms with E-state index in [1.54, 1.807) is 19.0 Å². The lowest BCUT2D eigenvalue weighted by atomic mass is 9.88. The first-order valence-corrected chi connectivity index (χ1v) is 6.91. The molecular weight excluding hydrogens is 246 g/mol. The molecule has 2 rings (SSSR count). The summed E-state index contributed by atoms with van der Waals surface area (Å²) in [5, 5.41) is 0. The van der Waals surface area contributed by atoms with Crippen LogP contribution in [0, 0.1) is 11.8 Å². The fourth-order valence-electron chi connectivity index (χ4n) is 2.69. The largest absolute Gasteiger partial charge is 0.359 e. The normalized spacial score (nSPS) is 38.6. The molecule has 0 bridgehead atoms. The highest BCUT2D eigenvalue weighted by Crippen LogP contribution is 2.39. The maximum absolute atomic E-state index is 11.8. The second-order valence-electron chi connectivity index (χ2n) is 6.38. The van der Waals surface area contributed by atoms with Crippen molar-refractivity contribution in [3.63, 3.8) is 0 Å². The molecule has 2 heterocycles. The molecule has 0 spiro atoms. The number of epoxide rings is 1. The van der Waals surface area contributed by atoms with E-state index in [9.17, 15) is 4.79 Å². The van der Waals surface area contributed by atoms with Crippen LogP contribution in [0.15, 0.2) is 0 Å². The van der Waals surface area contributed by atoms with E-state index in [0.717, 1.165) is 0 Å². The number of carbonyl (C=O) groups excluding carboxylic acids is 1. The lowest BCUT2D eigenvalue weighted by molar-refractivity contribution is -0.300. The molecule has 2 fully saturated rings. The molecule has 1 amide bonds. The van der Waals surface area contributed by atoms with Gasteiger partial charge in [-0.05, 0) is 13.8 Å². The summed E-state index contributed by atoms with van der Waals surface area (Å²) < 4.78 is 17.2. The summed E-state index contributed by atoms with van der Waals surface area (Å²) in [7, 11) is 3.50. The molecule has 0 saturated carbocycles. The zero-order valence-electron chi connectivity index (χ0n) is 12.7. The van der Waals surface area contributed by atoms with E-state index < -0.39 is 5.79 Å². The average Bonchev–Trinajstić information content (AvgIpc) is 3.10. The average molecular weight is 271 g/mol. The third-order valence-electron chi connectivity index (χ3n) is 3.92. The molecule has 0 aromatic heterocycles. The van der Waals surface area contributed by atoms with Gasteiger partial charge in [-0.3, -0.25) is 4.79 Å². The molecule has 5 heteroatoms. The summed E-state index contributed by atoms with van der Waals surface area (Å²) in [6, 6.07) is 0. The third-order valence-corrected chi connectivity index (χ3v) is 3.92. The van der Waals surface area contributed by atoms with Gasteiger partial charge in [-0.1, -0.05) is 13.8 Å². The van der Waals surface area contributed by atoms with Crippen molar-refractivity contribution in [1.82, 2.24) is 4.90 Å². The molecule has 0 unspecified atom stereocenters. The van der Waals surface area contributed by atoms with Crippen LogP contribution in [0.1, 0.15) is 27.7 Å². The molecule has 0 aliphatic carbocycles. The summed E-state index contributed by atoms with van der Waals surface area (Å²) >= 11 is 0. The minimum absolute atomic E-state index is 0.0313. The first-order valence-electron chi connectivity index (χ1n) is 6.91. The lowest BCUT2D eigenvalue weighted by Crippen LogP contribution is -2.48. The molecule has 0 radical (unpaired) electrons. The number of ether oxygens (including phenoxy) is 3. The molecule has 5 nitrogen and oxygen atoms in total. The van der Waals surface area contributed by atoms with Gasteiger partial charge in [0.15, 0.2) is 11.9 Å². The van der Waals surface area contributed by atoms with Crippen molar-refractivity contribution in [2.45, 2.75) is 51.8 Å². The Kier molecular flexibility index (Phi) is 3.91. The number of hydrogen-bond acceptors (Lipinski definition) is 4. The Morgan fingerprint density at radius 1 is 1.32 bits per heavy atom. The smallest absolute Gasteiger partial charge is 0.253 e. The fraction of sp³-hybridized carbons (Fsp3) is 0.929. The molecule has 2 aliphatic rings. The predicted octanol–water partition coefficient (Wildman–Crippen LogP) is 1.27. The Morgan fingerprint density at radius 2 is 1.95 bits per heavy atom. The first-order chi connectivity index (χ1) is 8.73. The van der Waals surface area contributed by atoms with Crippen LogP contribution < -0.4 is 0 Å². The monoisotopic (exact) mass is 271 g/mol. The van der Waals surface area contributed by atoms with Crippen molar-refractivity contribution < 1.29 is 19.0 Å². The van der Waals surface area contributed by atoms with Gasteiger partial charge in [0.25, 0.3) is 5.91 Å². The Balaban J connectivity index is 1.97. The van der Waals surface area contributed by atoms with Crippen LogP contribution in [0.3, 0.4) is 0 Å². The minimum atomic E-state index is -0.554. The van der Waals surface area contributed by atoms with Gasteiger partial charge < -0.3 is 19.1 Å². The summed E-state index contributed by atoms with van der Waals surface area (Å²) in [4.78, 5) is 13.4. The summed E-state index contributed by atoms with van der Waals surface area (Å²) in [5.74, 6) is -0.0216. The molecule has 2 saturated heterocycles. The van der Waals surface area contributed by atoms with E-state index in [4.69, 9.17) is 14.2 Å². The predicted molar refractivity (Wildman–Crippen MR) is 70.6 cm³/mol. The maximum Gasteiger partial charge on any atom is 0.253 e. The van der Waals surface area contributed by atoms with E-state index in [-0.39, 0.29) is 30.1 Å². The fourth-order valence-corrected chi connectivity index (χ4v) is 2.69. The lowest BCUT2D eigenvalue weighted by Gasteiger charge is -2.42. The van der Waals surface area contributed by atoms with Crippen molar-refractivity contribution in [2.75, 3.05) is 20.7 Å². The Morgan fingerprint density at radius 3 is 2.53 bits per heavy atom. The van der Waals surface area contributed by atoms with Gasteiger partial charge >= 0.3 is 0 Å².